The minimum Gasteiger partial charge on any atom is -0.388 e. The van der Waals surface area contributed by atoms with Crippen LogP contribution in [0.3, 0.4) is 0 Å². The monoisotopic (exact) mass is 260 g/mol. The molecule has 4 nitrogen and oxygen atoms in total. The van der Waals surface area contributed by atoms with Crippen LogP contribution in [0.2, 0.25) is 0 Å². The van der Waals surface area contributed by atoms with Gasteiger partial charge in [0.05, 0.1) is 17.1 Å². The molecule has 4 heteroatoms. The lowest BCUT2D eigenvalue weighted by atomic mass is 9.99. The minimum atomic E-state index is -0.493. The molecular formula is C15H20N2O2. The number of aliphatic hydroxyl groups excluding tert-OH is 1. The molecule has 3 rings (SSSR count). The summed E-state index contributed by atoms with van der Waals surface area (Å²) in [6.45, 7) is 8.77. The summed E-state index contributed by atoms with van der Waals surface area (Å²) in [7, 11) is 0. The first-order valence-electron chi connectivity index (χ1n) is 6.65. The SMILES string of the molecule is CC1(C)C(C(O)c2ccc3[nH]c(=O)[nH]c3c2)C1(C)C. The Bertz CT molecular complexity index is 679. The Morgan fingerprint density at radius 3 is 2.26 bits per heavy atom. The van der Waals surface area contributed by atoms with Crippen molar-refractivity contribution in [1.29, 1.82) is 0 Å². The first-order chi connectivity index (χ1) is 8.75. The highest BCUT2D eigenvalue weighted by atomic mass is 16.3. The molecule has 102 valence electrons. The Labute approximate surface area is 111 Å². The summed E-state index contributed by atoms with van der Waals surface area (Å²) in [6, 6.07) is 5.60. The van der Waals surface area contributed by atoms with Crippen LogP contribution in [0.15, 0.2) is 23.0 Å². The van der Waals surface area contributed by atoms with Crippen molar-refractivity contribution >= 4 is 11.0 Å². The molecule has 0 spiro atoms. The third kappa shape index (κ3) is 1.59. The van der Waals surface area contributed by atoms with E-state index in [0.29, 0.717) is 0 Å². The number of hydrogen-bond donors (Lipinski definition) is 3. The first kappa shape index (κ1) is 12.5. The van der Waals surface area contributed by atoms with Crippen molar-refractivity contribution in [2.24, 2.45) is 16.7 Å². The standard InChI is InChI=1S/C15H20N2O2/c1-14(2)12(15(14,3)4)11(18)8-5-6-9-10(7-8)17-13(19)16-9/h5-7,11-12,18H,1-4H3,(H2,16,17,19). The average Bonchev–Trinajstić information content (AvgIpc) is 2.58. The molecule has 1 aromatic heterocycles. The number of rotatable bonds is 2. The van der Waals surface area contributed by atoms with E-state index in [1.807, 2.05) is 18.2 Å². The molecule has 1 aliphatic rings. The van der Waals surface area contributed by atoms with Gasteiger partial charge >= 0.3 is 5.69 Å². The Morgan fingerprint density at radius 1 is 1.11 bits per heavy atom. The van der Waals surface area contributed by atoms with Crippen LogP contribution < -0.4 is 5.69 Å². The van der Waals surface area contributed by atoms with Crippen LogP contribution in [-0.4, -0.2) is 15.1 Å². The Kier molecular flexibility index (Phi) is 2.31. The van der Waals surface area contributed by atoms with Crippen molar-refractivity contribution in [3.63, 3.8) is 0 Å². The second-order valence-electron chi connectivity index (χ2n) is 6.75. The van der Waals surface area contributed by atoms with E-state index in [-0.39, 0.29) is 22.4 Å². The number of hydrogen-bond acceptors (Lipinski definition) is 2. The van der Waals surface area contributed by atoms with Gasteiger partial charge < -0.3 is 15.1 Å². The van der Waals surface area contributed by atoms with Crippen LogP contribution in [0.4, 0.5) is 0 Å². The number of benzene rings is 1. The van der Waals surface area contributed by atoms with Gasteiger partial charge in [0, 0.05) is 5.92 Å². The van der Waals surface area contributed by atoms with E-state index in [1.54, 1.807) is 0 Å². The quantitative estimate of drug-likeness (QED) is 0.776. The number of aromatic amines is 2. The molecule has 1 saturated carbocycles. The zero-order valence-corrected chi connectivity index (χ0v) is 11.7. The zero-order chi connectivity index (χ0) is 14.0. The van der Waals surface area contributed by atoms with Crippen molar-refractivity contribution in [2.75, 3.05) is 0 Å². The molecule has 1 atom stereocenters. The fourth-order valence-corrected chi connectivity index (χ4v) is 3.46. The lowest BCUT2D eigenvalue weighted by Crippen LogP contribution is -2.05. The Morgan fingerprint density at radius 2 is 1.68 bits per heavy atom. The number of aromatic nitrogens is 2. The van der Waals surface area contributed by atoms with E-state index in [4.69, 9.17) is 0 Å². The first-order valence-corrected chi connectivity index (χ1v) is 6.65. The van der Waals surface area contributed by atoms with E-state index in [1.165, 1.54) is 0 Å². The fraction of sp³-hybridized carbons (Fsp3) is 0.533. The molecule has 1 unspecified atom stereocenters. The van der Waals surface area contributed by atoms with Crippen LogP contribution >= 0.6 is 0 Å². The zero-order valence-electron chi connectivity index (χ0n) is 11.7. The van der Waals surface area contributed by atoms with Gasteiger partial charge in [-0.05, 0) is 28.5 Å². The molecule has 2 aromatic rings. The summed E-state index contributed by atoms with van der Waals surface area (Å²) < 4.78 is 0. The molecule has 19 heavy (non-hydrogen) atoms. The number of fused-ring (bicyclic) bond motifs is 1. The van der Waals surface area contributed by atoms with E-state index in [2.05, 4.69) is 37.7 Å². The number of imidazole rings is 1. The van der Waals surface area contributed by atoms with Gasteiger partial charge in [0.1, 0.15) is 0 Å². The van der Waals surface area contributed by atoms with Gasteiger partial charge in [-0.15, -0.1) is 0 Å². The highest BCUT2D eigenvalue weighted by molar-refractivity contribution is 5.75. The molecule has 0 saturated heterocycles. The van der Waals surface area contributed by atoms with Gasteiger partial charge in [0.15, 0.2) is 0 Å². The van der Waals surface area contributed by atoms with Gasteiger partial charge in [0.2, 0.25) is 0 Å². The van der Waals surface area contributed by atoms with Gasteiger partial charge in [-0.2, -0.15) is 0 Å². The molecule has 0 amide bonds. The molecule has 1 aromatic carbocycles. The van der Waals surface area contributed by atoms with E-state index in [9.17, 15) is 9.90 Å². The third-order valence-corrected chi connectivity index (χ3v) is 5.33. The van der Waals surface area contributed by atoms with Gasteiger partial charge in [-0.1, -0.05) is 33.8 Å². The number of H-pyrrole nitrogens is 2. The summed E-state index contributed by atoms with van der Waals surface area (Å²) in [6.07, 6.45) is -0.493. The van der Waals surface area contributed by atoms with Gasteiger partial charge in [-0.25, -0.2) is 4.79 Å². The highest BCUT2D eigenvalue weighted by Gasteiger charge is 2.67. The maximum atomic E-state index is 11.2. The average molecular weight is 260 g/mol. The maximum Gasteiger partial charge on any atom is 0.323 e. The van der Waals surface area contributed by atoms with Crippen molar-refractivity contribution in [3.05, 3.63) is 34.2 Å². The smallest absolute Gasteiger partial charge is 0.323 e. The normalized spacial score (nSPS) is 22.6. The fourth-order valence-electron chi connectivity index (χ4n) is 3.46. The van der Waals surface area contributed by atoms with Crippen LogP contribution in [0.5, 0.6) is 0 Å². The van der Waals surface area contributed by atoms with Crippen molar-refractivity contribution in [3.8, 4) is 0 Å². The summed E-state index contributed by atoms with van der Waals surface area (Å²) in [5.74, 6) is 0.239. The summed E-state index contributed by atoms with van der Waals surface area (Å²) in [4.78, 5) is 16.7. The largest absolute Gasteiger partial charge is 0.388 e. The summed E-state index contributed by atoms with van der Waals surface area (Å²) in [5.41, 5.74) is 2.44. The Hall–Kier alpha value is -1.55. The lowest BCUT2D eigenvalue weighted by Gasteiger charge is -2.13. The minimum absolute atomic E-state index is 0.132. The predicted octanol–water partition coefficient (Wildman–Crippen LogP) is 2.57. The van der Waals surface area contributed by atoms with Crippen molar-refractivity contribution in [1.82, 2.24) is 9.97 Å². The number of nitrogens with one attached hydrogen (secondary N) is 2. The maximum absolute atomic E-state index is 11.2. The second-order valence-corrected chi connectivity index (χ2v) is 6.75. The van der Waals surface area contributed by atoms with E-state index in [0.717, 1.165) is 16.6 Å². The molecule has 0 aliphatic heterocycles. The molecule has 0 radical (unpaired) electrons. The van der Waals surface area contributed by atoms with Crippen LogP contribution in [0, 0.1) is 16.7 Å². The lowest BCUT2D eigenvalue weighted by molar-refractivity contribution is 0.131. The predicted molar refractivity (Wildman–Crippen MR) is 74.9 cm³/mol. The third-order valence-electron chi connectivity index (χ3n) is 5.33. The molecule has 1 heterocycles. The molecular weight excluding hydrogens is 240 g/mol. The van der Waals surface area contributed by atoms with E-state index >= 15 is 0 Å². The van der Waals surface area contributed by atoms with Gasteiger partial charge in [0.25, 0.3) is 0 Å². The number of aliphatic hydroxyl groups is 1. The van der Waals surface area contributed by atoms with Crippen LogP contribution in [-0.2, 0) is 0 Å². The van der Waals surface area contributed by atoms with Crippen molar-refractivity contribution < 1.29 is 5.11 Å². The van der Waals surface area contributed by atoms with E-state index < -0.39 is 6.10 Å². The molecule has 1 aliphatic carbocycles. The molecule has 0 bridgehead atoms. The molecule has 1 fully saturated rings. The summed E-state index contributed by atoms with van der Waals surface area (Å²) >= 11 is 0. The summed E-state index contributed by atoms with van der Waals surface area (Å²) in [5, 5.41) is 10.6. The molecule has 3 N–H and O–H groups in total. The van der Waals surface area contributed by atoms with Crippen LogP contribution in [0.1, 0.15) is 39.4 Å². The van der Waals surface area contributed by atoms with Gasteiger partial charge in [-0.3, -0.25) is 0 Å². The second kappa shape index (κ2) is 3.51. The Balaban J connectivity index is 1.99. The highest BCUT2D eigenvalue weighted by Crippen LogP contribution is 2.72. The van der Waals surface area contributed by atoms with Crippen LogP contribution in [0.25, 0.3) is 11.0 Å². The topological polar surface area (TPSA) is 68.9 Å². The van der Waals surface area contributed by atoms with Crippen molar-refractivity contribution in [2.45, 2.75) is 33.8 Å².